The molecule has 14 nitrogen and oxygen atoms in total. The number of hydrazine groups is 2. The minimum Gasteiger partial charge on any atom is -0.372 e. The average molecular weight is 902 g/mol. The summed E-state index contributed by atoms with van der Waals surface area (Å²) in [6, 6.07) is 21.4. The number of aryl methyl sites for hydroxylation is 4. The molecule has 4 N–H and O–H groups in total. The highest BCUT2D eigenvalue weighted by molar-refractivity contribution is 7.13. The van der Waals surface area contributed by atoms with Crippen LogP contribution in [0.4, 0.5) is 17.1 Å². The number of hydrogen-bond acceptors (Lipinski definition) is 12. The number of nitrogens with zero attached hydrogens (tertiary/aromatic N) is 5. The van der Waals surface area contributed by atoms with Crippen molar-refractivity contribution in [1.82, 2.24) is 36.6 Å². The zero-order chi connectivity index (χ0) is 46.3. The molecule has 344 valence electrons. The Kier molecular flexibility index (Phi) is 15.1. The van der Waals surface area contributed by atoms with Crippen molar-refractivity contribution in [2.24, 2.45) is 5.41 Å². The number of rotatable bonds is 18. The van der Waals surface area contributed by atoms with Crippen molar-refractivity contribution in [3.8, 4) is 21.6 Å². The van der Waals surface area contributed by atoms with Crippen molar-refractivity contribution in [2.45, 2.75) is 106 Å². The fraction of sp³-hybridized carbons (Fsp3) is 0.420. The fourth-order valence-corrected chi connectivity index (χ4v) is 9.38. The van der Waals surface area contributed by atoms with Crippen LogP contribution in [0.15, 0.2) is 89.2 Å². The van der Waals surface area contributed by atoms with Crippen LogP contribution in [0, 0.1) is 33.1 Å². The number of aromatic nitrogens is 2. The molecule has 0 unspecified atom stereocenters. The molecule has 3 amide bonds. The second-order valence-corrected chi connectivity index (χ2v) is 19.0. The number of anilines is 3. The summed E-state index contributed by atoms with van der Waals surface area (Å²) in [4.78, 5) is 50.6. The maximum Gasteiger partial charge on any atom is 0.246 e. The molecule has 0 aliphatic carbocycles. The number of unbranched alkanes of at least 4 members (excludes halogenated alkanes) is 2. The third-order valence-electron chi connectivity index (χ3n) is 12.2. The summed E-state index contributed by atoms with van der Waals surface area (Å²) in [5.74, 6) is -0.0226. The number of ether oxygens (including phenoxy) is 1. The van der Waals surface area contributed by atoms with Crippen molar-refractivity contribution >= 4 is 46.1 Å². The van der Waals surface area contributed by atoms with E-state index in [-0.39, 0.29) is 30.4 Å². The number of hydrogen-bond donors (Lipinski definition) is 4. The molecule has 65 heavy (non-hydrogen) atoms. The number of amides is 3. The maximum absolute atomic E-state index is 14.2. The summed E-state index contributed by atoms with van der Waals surface area (Å²) in [5.41, 5.74) is 17.6. The van der Waals surface area contributed by atoms with Gasteiger partial charge in [-0.05, 0) is 125 Å². The molecular formula is C50H63N9O5S. The van der Waals surface area contributed by atoms with E-state index in [9.17, 15) is 14.4 Å². The molecule has 5 aromatic rings. The first-order valence-corrected chi connectivity index (χ1v) is 23.4. The van der Waals surface area contributed by atoms with Crippen LogP contribution in [0.25, 0.3) is 21.6 Å². The van der Waals surface area contributed by atoms with Crippen LogP contribution in [-0.4, -0.2) is 71.1 Å². The summed E-state index contributed by atoms with van der Waals surface area (Å²) < 4.78 is 11.4. The molecule has 0 spiro atoms. The van der Waals surface area contributed by atoms with Gasteiger partial charge in [0, 0.05) is 49.0 Å². The lowest BCUT2D eigenvalue weighted by atomic mass is 9.85. The quantitative estimate of drug-likeness (QED) is 0.0624. The first-order valence-electron chi connectivity index (χ1n) is 22.6. The van der Waals surface area contributed by atoms with E-state index < -0.39 is 17.5 Å². The van der Waals surface area contributed by atoms with Crippen LogP contribution >= 0.6 is 11.3 Å². The van der Waals surface area contributed by atoms with Crippen molar-refractivity contribution in [2.75, 3.05) is 36.2 Å². The average Bonchev–Trinajstić information content (AvgIpc) is 4.13. The van der Waals surface area contributed by atoms with Gasteiger partial charge in [-0.2, -0.15) is 0 Å². The molecule has 2 aliphatic rings. The highest BCUT2D eigenvalue weighted by atomic mass is 32.1. The lowest BCUT2D eigenvalue weighted by Gasteiger charge is -2.35. The largest absolute Gasteiger partial charge is 0.372 e. The van der Waals surface area contributed by atoms with E-state index >= 15 is 0 Å². The molecule has 7 rings (SSSR count). The number of nitrogens with one attached hydrogen (secondary N) is 4. The van der Waals surface area contributed by atoms with E-state index in [0.717, 1.165) is 92.7 Å². The Bertz CT molecular complexity index is 2440. The topological polar surface area (TPSA) is 157 Å². The zero-order valence-corrected chi connectivity index (χ0v) is 39.7. The Morgan fingerprint density at radius 1 is 0.954 bits per heavy atom. The predicted octanol–water partition coefficient (Wildman–Crippen LogP) is 8.72. The first-order chi connectivity index (χ1) is 31.2. The second kappa shape index (κ2) is 20.9. The number of carbonyl (C=O) groups is 3. The van der Waals surface area contributed by atoms with Gasteiger partial charge in [0.15, 0.2) is 0 Å². The van der Waals surface area contributed by atoms with Crippen LogP contribution < -0.4 is 31.5 Å². The summed E-state index contributed by atoms with van der Waals surface area (Å²) in [5, 5.41) is 12.2. The molecular weight excluding hydrogens is 839 g/mol. The third-order valence-corrected chi connectivity index (χ3v) is 13.2. The molecule has 2 aliphatic heterocycles. The normalized spacial score (nSPS) is 15.8. The molecule has 3 atom stereocenters. The van der Waals surface area contributed by atoms with Gasteiger partial charge < -0.3 is 35.1 Å². The molecule has 1 fully saturated rings. The van der Waals surface area contributed by atoms with Crippen molar-refractivity contribution in [1.29, 1.82) is 0 Å². The number of carbonyl (C=O) groups excluding carboxylic acids is 3. The Morgan fingerprint density at radius 2 is 1.71 bits per heavy atom. The smallest absolute Gasteiger partial charge is 0.246 e. The van der Waals surface area contributed by atoms with Gasteiger partial charge in [-0.25, -0.2) is 4.98 Å². The Hall–Kier alpha value is -6.03. The first kappa shape index (κ1) is 46.9. The van der Waals surface area contributed by atoms with E-state index in [0.29, 0.717) is 26.0 Å². The van der Waals surface area contributed by atoms with Gasteiger partial charge in [-0.1, -0.05) is 62.3 Å². The number of benzene rings is 3. The van der Waals surface area contributed by atoms with Crippen LogP contribution in [0.3, 0.4) is 0 Å². The lowest BCUT2D eigenvalue weighted by Crippen LogP contribution is -2.58. The highest BCUT2D eigenvalue weighted by Crippen LogP contribution is 2.36. The molecule has 0 radical (unpaired) electrons. The van der Waals surface area contributed by atoms with E-state index in [1.165, 1.54) is 0 Å². The van der Waals surface area contributed by atoms with Crippen LogP contribution in [0.5, 0.6) is 0 Å². The molecule has 2 aromatic heterocycles. The maximum atomic E-state index is 14.2. The van der Waals surface area contributed by atoms with Gasteiger partial charge in [0.2, 0.25) is 17.7 Å². The second-order valence-electron chi connectivity index (χ2n) is 18.1. The van der Waals surface area contributed by atoms with Crippen molar-refractivity contribution in [3.63, 3.8) is 0 Å². The van der Waals surface area contributed by atoms with Gasteiger partial charge in [0.25, 0.3) is 0 Å². The monoisotopic (exact) mass is 901 g/mol. The SMILES string of the molecule is Cc1ccc(-c2c(C)noc2C)cc1N(CCCCCOCC(=O)N[C@H](C(=O)N1CCC[C@H]1C(=O)N[C@@H](C)c1ccc(-c2scnc2C)cc1)C(C)(C)C)c1ccc(N2C=CNN2)cc1. The predicted molar refractivity (Wildman–Crippen MR) is 257 cm³/mol. The van der Waals surface area contributed by atoms with Crippen LogP contribution in [0.1, 0.15) is 94.1 Å². The fourth-order valence-electron chi connectivity index (χ4n) is 8.57. The van der Waals surface area contributed by atoms with Gasteiger partial charge in [-0.3, -0.25) is 19.4 Å². The third kappa shape index (κ3) is 11.3. The van der Waals surface area contributed by atoms with Gasteiger partial charge in [0.1, 0.15) is 24.5 Å². The van der Waals surface area contributed by atoms with Crippen LogP contribution in [-0.2, 0) is 19.1 Å². The number of likely N-dealkylation sites (tertiary alicyclic amines) is 1. The van der Waals surface area contributed by atoms with E-state index in [2.05, 4.69) is 98.2 Å². The van der Waals surface area contributed by atoms with Gasteiger partial charge in [-0.15, -0.1) is 16.9 Å². The Balaban J connectivity index is 0.908. The zero-order valence-electron chi connectivity index (χ0n) is 38.9. The van der Waals surface area contributed by atoms with Crippen molar-refractivity contribution < 1.29 is 23.6 Å². The molecule has 4 heterocycles. The molecule has 3 aromatic carbocycles. The van der Waals surface area contributed by atoms with E-state index in [1.54, 1.807) is 16.2 Å². The van der Waals surface area contributed by atoms with Crippen molar-refractivity contribution in [3.05, 3.63) is 113 Å². The molecule has 0 saturated carbocycles. The van der Waals surface area contributed by atoms with E-state index in [1.807, 2.05) is 83.5 Å². The standard InChI is InChI=1S/C50H63N9O5S/c1-32-14-15-39(45-34(3)55-64-36(45)5)29-43(32)57(40-20-22-41(23-21-40)59-27-24-52-56-59)25-10-9-11-28-63-30-44(60)54-47(50(6,7)8)49(62)58-26-12-13-42(58)48(61)53-33(2)37-16-18-38(19-17-37)46-35(4)51-31-65-46/h14-24,27,29,31,33,42,47,52,56H,9-13,25-26,28,30H2,1-8H3,(H,53,61)(H,54,60)/t33-,42-,47+/m0/s1. The molecule has 15 heteroatoms. The Labute approximate surface area is 386 Å². The highest BCUT2D eigenvalue weighted by Gasteiger charge is 2.42. The minimum absolute atomic E-state index is 0.161. The van der Waals surface area contributed by atoms with E-state index in [4.69, 9.17) is 9.26 Å². The van der Waals surface area contributed by atoms with Gasteiger partial charge in [0.05, 0.1) is 33.5 Å². The summed E-state index contributed by atoms with van der Waals surface area (Å²) in [7, 11) is 0. The summed E-state index contributed by atoms with van der Waals surface area (Å²) in [6.07, 6.45) is 7.57. The Morgan fingerprint density at radius 3 is 2.37 bits per heavy atom. The van der Waals surface area contributed by atoms with Gasteiger partial charge >= 0.3 is 0 Å². The molecule has 0 bridgehead atoms. The van der Waals surface area contributed by atoms with Crippen LogP contribution in [0.2, 0.25) is 0 Å². The number of thiazole rings is 1. The lowest BCUT2D eigenvalue weighted by molar-refractivity contribution is -0.144. The minimum atomic E-state index is -0.827. The molecule has 1 saturated heterocycles. The summed E-state index contributed by atoms with van der Waals surface area (Å²) in [6.45, 7) is 17.2. The summed E-state index contributed by atoms with van der Waals surface area (Å²) >= 11 is 1.60.